The summed E-state index contributed by atoms with van der Waals surface area (Å²) in [5, 5.41) is 0.798. The SMILES string of the molecule is C=CCn1c(=NC(=O)c2cc3cccc(OC)c3o2)sc2cc(Br)ccc21. The molecule has 7 heteroatoms. The van der Waals surface area contributed by atoms with E-state index < -0.39 is 5.91 Å². The van der Waals surface area contributed by atoms with Crippen LogP contribution in [0, 0.1) is 0 Å². The first kappa shape index (κ1) is 17.8. The predicted molar refractivity (Wildman–Crippen MR) is 110 cm³/mol. The van der Waals surface area contributed by atoms with Gasteiger partial charge in [0, 0.05) is 16.4 Å². The van der Waals surface area contributed by atoms with E-state index in [9.17, 15) is 4.79 Å². The molecule has 0 aliphatic carbocycles. The average Bonchev–Trinajstić information content (AvgIpc) is 3.23. The minimum atomic E-state index is -0.434. The first-order valence-electron chi connectivity index (χ1n) is 8.16. The van der Waals surface area contributed by atoms with Crippen LogP contribution in [-0.4, -0.2) is 17.6 Å². The van der Waals surface area contributed by atoms with E-state index in [1.807, 2.05) is 34.9 Å². The third-order valence-corrected chi connectivity index (χ3v) is 5.63. The highest BCUT2D eigenvalue weighted by Crippen LogP contribution is 2.29. The van der Waals surface area contributed by atoms with Gasteiger partial charge in [-0.05, 0) is 30.3 Å². The molecule has 0 aliphatic heterocycles. The van der Waals surface area contributed by atoms with E-state index in [-0.39, 0.29) is 5.76 Å². The highest BCUT2D eigenvalue weighted by molar-refractivity contribution is 9.10. The number of furan rings is 1. The number of nitrogens with zero attached hydrogens (tertiary/aromatic N) is 2. The molecule has 1 amide bonds. The number of hydrogen-bond acceptors (Lipinski definition) is 4. The minimum Gasteiger partial charge on any atom is -0.493 e. The number of carbonyl (C=O) groups excluding carboxylic acids is 1. The molecule has 0 unspecified atom stereocenters. The van der Waals surface area contributed by atoms with Crippen LogP contribution in [0.25, 0.3) is 21.2 Å². The Hall–Kier alpha value is -2.64. The molecular weight excluding hydrogens is 428 g/mol. The van der Waals surface area contributed by atoms with E-state index in [2.05, 4.69) is 27.5 Å². The van der Waals surface area contributed by atoms with Gasteiger partial charge in [0.15, 0.2) is 21.9 Å². The van der Waals surface area contributed by atoms with Crippen molar-refractivity contribution < 1.29 is 13.9 Å². The van der Waals surface area contributed by atoms with Crippen LogP contribution in [-0.2, 0) is 6.54 Å². The van der Waals surface area contributed by atoms with Crippen molar-refractivity contribution in [2.24, 2.45) is 4.99 Å². The molecule has 0 radical (unpaired) electrons. The van der Waals surface area contributed by atoms with E-state index in [1.165, 1.54) is 11.3 Å². The first-order chi connectivity index (χ1) is 13.1. The molecule has 136 valence electrons. The Morgan fingerprint density at radius 1 is 1.37 bits per heavy atom. The van der Waals surface area contributed by atoms with Crippen LogP contribution in [0.15, 0.2) is 69.0 Å². The van der Waals surface area contributed by atoms with Crippen molar-refractivity contribution in [1.29, 1.82) is 0 Å². The summed E-state index contributed by atoms with van der Waals surface area (Å²) in [6, 6.07) is 13.2. The van der Waals surface area contributed by atoms with Crippen molar-refractivity contribution in [3.8, 4) is 5.75 Å². The largest absolute Gasteiger partial charge is 0.493 e. The zero-order chi connectivity index (χ0) is 19.0. The number of ether oxygens (including phenoxy) is 1. The van der Waals surface area contributed by atoms with Crippen molar-refractivity contribution in [2.75, 3.05) is 7.11 Å². The number of halogens is 1. The summed E-state index contributed by atoms with van der Waals surface area (Å²) in [5.74, 6) is 0.329. The average molecular weight is 443 g/mol. The lowest BCUT2D eigenvalue weighted by Crippen LogP contribution is -2.16. The molecule has 0 saturated heterocycles. The molecule has 0 N–H and O–H groups in total. The molecule has 2 heterocycles. The van der Waals surface area contributed by atoms with Gasteiger partial charge in [-0.3, -0.25) is 4.79 Å². The second-order valence-electron chi connectivity index (χ2n) is 5.80. The zero-order valence-corrected chi connectivity index (χ0v) is 16.8. The summed E-state index contributed by atoms with van der Waals surface area (Å²) in [4.78, 5) is 17.6. The quantitative estimate of drug-likeness (QED) is 0.410. The van der Waals surface area contributed by atoms with Gasteiger partial charge in [-0.15, -0.1) is 6.58 Å². The Kier molecular flexibility index (Phi) is 4.72. The maximum absolute atomic E-state index is 12.7. The van der Waals surface area contributed by atoms with E-state index in [1.54, 1.807) is 25.3 Å². The highest BCUT2D eigenvalue weighted by atomic mass is 79.9. The third-order valence-electron chi connectivity index (χ3n) is 4.09. The minimum absolute atomic E-state index is 0.179. The summed E-state index contributed by atoms with van der Waals surface area (Å²) in [6.45, 7) is 4.36. The van der Waals surface area contributed by atoms with Crippen molar-refractivity contribution in [3.63, 3.8) is 0 Å². The molecule has 4 aromatic rings. The number of rotatable bonds is 4. The van der Waals surface area contributed by atoms with Gasteiger partial charge in [0.25, 0.3) is 0 Å². The van der Waals surface area contributed by atoms with Gasteiger partial charge in [-0.2, -0.15) is 4.99 Å². The van der Waals surface area contributed by atoms with Crippen LogP contribution in [0.3, 0.4) is 0 Å². The monoisotopic (exact) mass is 442 g/mol. The number of hydrogen-bond donors (Lipinski definition) is 0. The molecule has 0 fully saturated rings. The predicted octanol–water partition coefficient (Wildman–Crippen LogP) is 5.15. The van der Waals surface area contributed by atoms with Crippen LogP contribution < -0.4 is 9.54 Å². The molecule has 4 rings (SSSR count). The third kappa shape index (κ3) is 3.24. The van der Waals surface area contributed by atoms with Gasteiger partial charge >= 0.3 is 5.91 Å². The Morgan fingerprint density at radius 2 is 2.22 bits per heavy atom. The number of benzene rings is 2. The Balaban J connectivity index is 1.84. The van der Waals surface area contributed by atoms with E-state index in [0.29, 0.717) is 22.7 Å². The molecule has 0 aliphatic rings. The second kappa shape index (κ2) is 7.17. The molecule has 5 nitrogen and oxygen atoms in total. The summed E-state index contributed by atoms with van der Waals surface area (Å²) in [6.07, 6.45) is 1.78. The molecule has 0 spiro atoms. The number of fused-ring (bicyclic) bond motifs is 2. The van der Waals surface area contributed by atoms with Gasteiger partial charge in [-0.1, -0.05) is 45.5 Å². The second-order valence-corrected chi connectivity index (χ2v) is 7.73. The lowest BCUT2D eigenvalue weighted by molar-refractivity contribution is 0.0973. The van der Waals surface area contributed by atoms with Crippen LogP contribution in [0.4, 0.5) is 0 Å². The fourth-order valence-corrected chi connectivity index (χ4v) is 4.47. The summed E-state index contributed by atoms with van der Waals surface area (Å²) >= 11 is 4.93. The van der Waals surface area contributed by atoms with Crippen LogP contribution in [0.1, 0.15) is 10.6 Å². The maximum atomic E-state index is 12.7. The number of allylic oxidation sites excluding steroid dienone is 1. The molecule has 2 aromatic heterocycles. The van der Waals surface area contributed by atoms with Crippen molar-refractivity contribution in [1.82, 2.24) is 4.57 Å². The van der Waals surface area contributed by atoms with Crippen LogP contribution in [0.5, 0.6) is 5.75 Å². The molecule has 0 saturated carbocycles. The molecule has 2 aromatic carbocycles. The topological polar surface area (TPSA) is 56.7 Å². The molecule has 0 bridgehead atoms. The van der Waals surface area contributed by atoms with E-state index in [0.717, 1.165) is 20.1 Å². The fourth-order valence-electron chi connectivity index (χ4n) is 2.88. The van der Waals surface area contributed by atoms with Crippen LogP contribution >= 0.6 is 27.3 Å². The van der Waals surface area contributed by atoms with Crippen molar-refractivity contribution >= 4 is 54.4 Å². The number of methoxy groups -OCH3 is 1. The number of thiazole rings is 1. The molecule has 27 heavy (non-hydrogen) atoms. The van der Waals surface area contributed by atoms with Gasteiger partial charge < -0.3 is 13.7 Å². The normalized spacial score (nSPS) is 12.0. The Bertz CT molecular complexity index is 1250. The van der Waals surface area contributed by atoms with E-state index >= 15 is 0 Å². The van der Waals surface area contributed by atoms with Crippen molar-refractivity contribution in [2.45, 2.75) is 6.54 Å². The number of amides is 1. The lowest BCUT2D eigenvalue weighted by Gasteiger charge is -2.00. The molecular formula is C20H15BrN2O3S. The van der Waals surface area contributed by atoms with Gasteiger partial charge in [0.2, 0.25) is 0 Å². The van der Waals surface area contributed by atoms with Crippen molar-refractivity contribution in [3.05, 3.63) is 70.2 Å². The first-order valence-corrected chi connectivity index (χ1v) is 9.77. The smallest absolute Gasteiger partial charge is 0.315 e. The maximum Gasteiger partial charge on any atom is 0.315 e. The van der Waals surface area contributed by atoms with Crippen LogP contribution in [0.2, 0.25) is 0 Å². The fraction of sp³-hybridized carbons (Fsp3) is 0.100. The zero-order valence-electron chi connectivity index (χ0n) is 14.4. The Morgan fingerprint density at radius 3 is 3.00 bits per heavy atom. The number of aromatic nitrogens is 1. The summed E-state index contributed by atoms with van der Waals surface area (Å²) < 4.78 is 15.0. The lowest BCUT2D eigenvalue weighted by atomic mass is 10.2. The number of carbonyl (C=O) groups is 1. The summed E-state index contributed by atoms with van der Waals surface area (Å²) in [7, 11) is 1.57. The highest BCUT2D eigenvalue weighted by Gasteiger charge is 2.15. The summed E-state index contributed by atoms with van der Waals surface area (Å²) in [5.41, 5.74) is 1.54. The number of para-hydroxylation sites is 1. The Labute approximate surface area is 167 Å². The molecule has 0 atom stereocenters. The standard InChI is InChI=1S/C20H15BrN2O3S/c1-3-9-23-14-8-7-13(21)11-17(14)27-20(23)22-19(24)16-10-12-5-4-6-15(25-2)18(12)26-16/h3-8,10-11H,1,9H2,2H3. The van der Waals surface area contributed by atoms with Gasteiger partial charge in [0.05, 0.1) is 17.3 Å². The van der Waals surface area contributed by atoms with Gasteiger partial charge in [-0.25, -0.2) is 0 Å². The van der Waals surface area contributed by atoms with E-state index in [4.69, 9.17) is 9.15 Å². The van der Waals surface area contributed by atoms with Gasteiger partial charge in [0.1, 0.15) is 0 Å².